The third-order valence-corrected chi connectivity index (χ3v) is 11.3. The van der Waals surface area contributed by atoms with E-state index in [2.05, 4.69) is 92.7 Å². The molecule has 0 bridgehead atoms. The maximum atomic E-state index is 10.6. The summed E-state index contributed by atoms with van der Waals surface area (Å²) in [6.07, 6.45) is 19.1. The van der Waals surface area contributed by atoms with Crippen molar-refractivity contribution < 1.29 is 54.1 Å². The maximum Gasteiger partial charge on any atom is 0.155 e. The molecule has 0 radical (unpaired) electrons. The summed E-state index contributed by atoms with van der Waals surface area (Å²) in [5, 5.41) is 39.7. The molecule has 15 heteroatoms. The highest BCUT2D eigenvalue weighted by Gasteiger charge is 2.13. The first-order valence-electron chi connectivity index (χ1n) is 15.8. The Kier molecular flexibility index (Phi) is 66.6. The first kappa shape index (κ1) is 58.0. The van der Waals surface area contributed by atoms with Crippen molar-refractivity contribution in [2.45, 2.75) is 194 Å². The van der Waals surface area contributed by atoms with Crippen LogP contribution in [0.3, 0.4) is 0 Å². The molecule has 45 heavy (non-hydrogen) atoms. The van der Waals surface area contributed by atoms with Crippen LogP contribution < -0.4 is 0 Å². The van der Waals surface area contributed by atoms with E-state index >= 15 is 0 Å². The van der Waals surface area contributed by atoms with E-state index in [9.17, 15) is 4.21 Å². The second-order valence-corrected chi connectivity index (χ2v) is 14.9. The third kappa shape index (κ3) is 49.3. The van der Waals surface area contributed by atoms with E-state index in [0.29, 0.717) is 5.25 Å². The lowest BCUT2D eigenvalue weighted by molar-refractivity contribution is -0.749. The molecule has 0 amide bonds. The Morgan fingerprint density at radius 2 is 0.800 bits per heavy atom. The van der Waals surface area contributed by atoms with Gasteiger partial charge >= 0.3 is 0 Å². The number of rotatable bonds is 26. The lowest BCUT2D eigenvalue weighted by Crippen LogP contribution is -2.13. The van der Waals surface area contributed by atoms with Gasteiger partial charge in [0.1, 0.15) is 0 Å². The molecule has 0 aliphatic rings. The minimum absolute atomic E-state index is 0. The first-order chi connectivity index (χ1) is 20.8. The van der Waals surface area contributed by atoms with E-state index in [1.165, 1.54) is 63.4 Å². The molecule has 0 spiro atoms. The van der Waals surface area contributed by atoms with Crippen LogP contribution in [0.25, 0.3) is 0 Å². The predicted octanol–water partition coefficient (Wildman–Crippen LogP) is 12.5. The van der Waals surface area contributed by atoms with Crippen molar-refractivity contribution in [2.24, 2.45) is 0 Å². The molecule has 0 aromatic carbocycles. The van der Waals surface area contributed by atoms with Crippen molar-refractivity contribution in [3.63, 3.8) is 0 Å². The average Bonchev–Trinajstić information content (AvgIpc) is 2.99. The minimum atomic E-state index is -1.60. The summed E-state index contributed by atoms with van der Waals surface area (Å²) in [5.74, 6) is 0. The van der Waals surface area contributed by atoms with E-state index in [-0.39, 0.29) is 20.1 Å². The molecule has 1 atom stereocenters. The van der Waals surface area contributed by atoms with Crippen LogP contribution in [0.4, 0.5) is 0 Å². The van der Waals surface area contributed by atoms with Crippen molar-refractivity contribution in [3.8, 4) is 0 Å². The average molecular weight is 737 g/mol. The zero-order valence-corrected chi connectivity index (χ0v) is 31.2. The monoisotopic (exact) mass is 736 g/mol. The topological polar surface area (TPSA) is 153 Å². The Morgan fingerprint density at radius 3 is 1.02 bits per heavy atom. The van der Waals surface area contributed by atoms with Crippen molar-refractivity contribution in [2.75, 3.05) is 0 Å². The normalized spacial score (nSPS) is 11.1. The second kappa shape index (κ2) is 51.6. The van der Waals surface area contributed by atoms with Crippen LogP contribution in [-0.2, 0) is 40.6 Å². The molecule has 1 unspecified atom stereocenters. The van der Waals surface area contributed by atoms with Crippen molar-refractivity contribution in [3.05, 3.63) is 0 Å². The van der Waals surface area contributed by atoms with E-state index in [0.717, 1.165) is 61.9 Å². The summed E-state index contributed by atoms with van der Waals surface area (Å²) in [6, 6.07) is 0. The summed E-state index contributed by atoms with van der Waals surface area (Å²) in [6.45, 7) is 17.6. The van der Waals surface area contributed by atoms with Gasteiger partial charge < -0.3 is 4.55 Å². The standard InChI is InChI=1S/C14H30S2.C7H16O3S.C7H16O2S.2CH4.H2O6/c1-5-9-13(10-6-2)15-16-14(11-7-3)12-8-4;1-3-5-7(6-4-2)11-10-9-8;1-3-5-7(6-4-2)10(8)9;;;1-3-5-6-4-2/h13-14H,5-12H2,1-4H3;7-8H,3-6H2,1-2H3;7H,3-6H2,1-2H3,(H,8,9);2*1H4;1-2H. The molecular formula is C30H72O11S4. The Hall–Kier alpha value is 0.800. The molecule has 0 aromatic heterocycles. The van der Waals surface area contributed by atoms with Gasteiger partial charge in [-0.3, -0.25) is 0 Å². The molecule has 0 aliphatic carbocycles. The Labute approximate surface area is 291 Å². The zero-order valence-electron chi connectivity index (χ0n) is 27.9. The van der Waals surface area contributed by atoms with Gasteiger partial charge in [0.15, 0.2) is 11.1 Å². The highest BCUT2D eigenvalue weighted by atomic mass is 33.1. The zero-order chi connectivity index (χ0) is 33.6. The molecule has 0 aliphatic heterocycles. The number of hydrogen-bond donors (Lipinski definition) is 4. The highest BCUT2D eigenvalue weighted by Crippen LogP contribution is 2.38. The van der Waals surface area contributed by atoms with Gasteiger partial charge in [0, 0.05) is 27.8 Å². The Morgan fingerprint density at radius 1 is 0.511 bits per heavy atom. The SMILES string of the molecule is C.C.CCCC(CCC)S(=O)O.CCCC(CCC)SOOO.CCCC(CCC)SSC(CCC)CCC.OOOOOO. The second-order valence-electron chi connectivity index (χ2n) is 9.79. The van der Waals surface area contributed by atoms with Crippen LogP contribution in [0.15, 0.2) is 0 Å². The molecule has 0 aromatic rings. The lowest BCUT2D eigenvalue weighted by atomic mass is 10.2. The Bertz CT molecular complexity index is 473. The van der Waals surface area contributed by atoms with Crippen molar-refractivity contribution >= 4 is 44.7 Å². The summed E-state index contributed by atoms with van der Waals surface area (Å²) >= 11 is -0.405. The largest absolute Gasteiger partial charge is 0.306 e. The fourth-order valence-electron chi connectivity index (χ4n) is 3.90. The Balaban J connectivity index is -0.000000117. The lowest BCUT2D eigenvalue weighted by Gasteiger charge is -2.19. The van der Waals surface area contributed by atoms with Gasteiger partial charge in [0.25, 0.3) is 0 Å². The molecule has 0 saturated carbocycles. The first-order valence-corrected chi connectivity index (χ1v) is 20.0. The molecule has 11 nitrogen and oxygen atoms in total. The van der Waals surface area contributed by atoms with Gasteiger partial charge in [-0.2, -0.15) is 0 Å². The molecular weight excluding hydrogens is 665 g/mol. The predicted molar refractivity (Wildman–Crippen MR) is 196 cm³/mol. The van der Waals surface area contributed by atoms with Crippen LogP contribution in [0.5, 0.6) is 0 Å². The fraction of sp³-hybridized carbons (Fsp3) is 1.00. The van der Waals surface area contributed by atoms with Gasteiger partial charge in [-0.15, -0.1) is 4.33 Å². The van der Waals surface area contributed by atoms with Gasteiger partial charge in [-0.25, -0.2) is 20.0 Å². The smallest absolute Gasteiger partial charge is 0.155 e. The van der Waals surface area contributed by atoms with Crippen LogP contribution in [0, 0.1) is 0 Å². The van der Waals surface area contributed by atoms with Crippen molar-refractivity contribution in [1.29, 1.82) is 0 Å². The van der Waals surface area contributed by atoms with Crippen LogP contribution in [-0.4, -0.2) is 45.5 Å². The van der Waals surface area contributed by atoms with Crippen LogP contribution in [0.2, 0.25) is 0 Å². The van der Waals surface area contributed by atoms with Crippen molar-refractivity contribution in [1.82, 2.24) is 0 Å². The summed E-state index contributed by atoms with van der Waals surface area (Å²) in [5.41, 5.74) is 0. The maximum absolute atomic E-state index is 10.6. The fourth-order valence-corrected chi connectivity index (χ4v) is 9.32. The molecule has 282 valence electrons. The molecule has 0 fully saturated rings. The molecule has 0 rings (SSSR count). The van der Waals surface area contributed by atoms with Gasteiger partial charge in [0.2, 0.25) is 0 Å². The molecule has 4 N–H and O–H groups in total. The summed E-state index contributed by atoms with van der Waals surface area (Å²) in [4.78, 5) is 0. The van der Waals surface area contributed by atoms with Crippen LogP contribution in [0.1, 0.15) is 173 Å². The number of hydrogen-bond acceptors (Lipinski definition) is 13. The summed E-state index contributed by atoms with van der Waals surface area (Å²) < 4.78 is 23.7. The summed E-state index contributed by atoms with van der Waals surface area (Å²) in [7, 11) is 4.35. The van der Waals surface area contributed by atoms with E-state index in [1.807, 2.05) is 13.8 Å². The minimum Gasteiger partial charge on any atom is -0.306 e. The van der Waals surface area contributed by atoms with Gasteiger partial charge in [-0.05, 0) is 71.5 Å². The van der Waals surface area contributed by atoms with Crippen LogP contribution >= 0.6 is 33.6 Å². The quantitative estimate of drug-likeness (QED) is 0.0166. The highest BCUT2D eigenvalue weighted by molar-refractivity contribution is 8.77. The van der Waals surface area contributed by atoms with E-state index < -0.39 is 11.1 Å². The third-order valence-electron chi connectivity index (χ3n) is 5.79. The van der Waals surface area contributed by atoms with E-state index in [1.54, 1.807) is 0 Å². The van der Waals surface area contributed by atoms with Gasteiger partial charge in [0.05, 0.1) is 5.25 Å². The molecule has 0 saturated heterocycles. The van der Waals surface area contributed by atoms with E-state index in [4.69, 9.17) is 20.3 Å². The van der Waals surface area contributed by atoms with Gasteiger partial charge in [-0.1, -0.05) is 148 Å². The molecule has 0 heterocycles.